The van der Waals surface area contributed by atoms with Crippen molar-refractivity contribution >= 4 is 28.3 Å². The number of fused-ring (bicyclic) bond motifs is 1. The largest absolute Gasteiger partial charge is 0.373 e. The van der Waals surface area contributed by atoms with Gasteiger partial charge in [0.25, 0.3) is 5.91 Å². The molecule has 0 unspecified atom stereocenters. The second-order valence-corrected chi connectivity index (χ2v) is 7.69. The minimum Gasteiger partial charge on any atom is -0.373 e. The molecule has 2 N–H and O–H groups in total. The van der Waals surface area contributed by atoms with Gasteiger partial charge in [-0.2, -0.15) is 15.5 Å². The van der Waals surface area contributed by atoms with Gasteiger partial charge in [0.05, 0.1) is 40.3 Å². The molecule has 0 aromatic carbocycles. The number of pyridine rings is 3. The highest BCUT2D eigenvalue weighted by molar-refractivity contribution is 6.04. The molecule has 0 spiro atoms. The lowest BCUT2D eigenvalue weighted by Gasteiger charge is -2.15. The molecule has 0 saturated carbocycles. The van der Waals surface area contributed by atoms with E-state index in [2.05, 4.69) is 41.9 Å². The number of hydrogen-bond donors (Lipinski definition) is 2. The van der Waals surface area contributed by atoms with E-state index < -0.39 is 5.41 Å². The highest BCUT2D eigenvalue weighted by Crippen LogP contribution is 2.24. The fourth-order valence-corrected chi connectivity index (χ4v) is 3.05. The summed E-state index contributed by atoms with van der Waals surface area (Å²) in [7, 11) is 1.80. The van der Waals surface area contributed by atoms with Gasteiger partial charge in [0, 0.05) is 48.2 Å². The average Bonchev–Trinajstić information content (AvgIpc) is 2.83. The number of anilines is 2. The molecule has 1 amide bonds. The van der Waals surface area contributed by atoms with Crippen LogP contribution in [0.2, 0.25) is 0 Å². The van der Waals surface area contributed by atoms with Gasteiger partial charge in [0.15, 0.2) is 0 Å². The number of carbonyl (C=O) groups excluding carboxylic acids is 1. The molecule has 9 heteroatoms. The van der Waals surface area contributed by atoms with Crippen molar-refractivity contribution < 1.29 is 4.79 Å². The van der Waals surface area contributed by atoms with Gasteiger partial charge in [0.2, 0.25) is 0 Å². The van der Waals surface area contributed by atoms with Gasteiger partial charge in [-0.15, -0.1) is 0 Å². The van der Waals surface area contributed by atoms with Crippen molar-refractivity contribution in [3.05, 3.63) is 66.4 Å². The standard InChI is InChI=1S/C23H20N8O/c1-23(2,13-24)20-7-14(4-5-26-20)22(32)30-17-8-19(31-29-12-17)16-6-15-11-28-21(25-3)9-18(15)27-10-16/h4-12H,1-3H3,(H,25,28)(H,30,31,32). The summed E-state index contributed by atoms with van der Waals surface area (Å²) < 4.78 is 0. The van der Waals surface area contributed by atoms with Crippen molar-refractivity contribution in [2.24, 2.45) is 0 Å². The van der Waals surface area contributed by atoms with E-state index in [-0.39, 0.29) is 5.91 Å². The van der Waals surface area contributed by atoms with E-state index in [9.17, 15) is 10.1 Å². The van der Waals surface area contributed by atoms with Crippen molar-refractivity contribution in [1.29, 1.82) is 5.26 Å². The molecule has 4 rings (SSSR count). The molecule has 0 saturated heterocycles. The third-order valence-corrected chi connectivity index (χ3v) is 4.97. The molecule has 158 valence electrons. The molecule has 4 aromatic heterocycles. The predicted molar refractivity (Wildman–Crippen MR) is 121 cm³/mol. The molecule has 9 nitrogen and oxygen atoms in total. The first-order valence-electron chi connectivity index (χ1n) is 9.85. The maximum Gasteiger partial charge on any atom is 0.255 e. The summed E-state index contributed by atoms with van der Waals surface area (Å²) in [4.78, 5) is 25.8. The monoisotopic (exact) mass is 424 g/mol. The fraction of sp³-hybridized carbons (Fsp3) is 0.174. The highest BCUT2D eigenvalue weighted by Gasteiger charge is 2.22. The van der Waals surface area contributed by atoms with Gasteiger partial charge in [-0.05, 0) is 38.1 Å². The summed E-state index contributed by atoms with van der Waals surface area (Å²) in [6.07, 6.45) is 6.43. The van der Waals surface area contributed by atoms with Gasteiger partial charge in [0.1, 0.15) is 5.82 Å². The summed E-state index contributed by atoms with van der Waals surface area (Å²) >= 11 is 0. The van der Waals surface area contributed by atoms with E-state index in [4.69, 9.17) is 0 Å². The lowest BCUT2D eigenvalue weighted by molar-refractivity contribution is 0.102. The van der Waals surface area contributed by atoms with Crippen LogP contribution in [0.1, 0.15) is 29.9 Å². The number of nitriles is 1. The Morgan fingerprint density at radius 2 is 1.91 bits per heavy atom. The Bertz CT molecular complexity index is 1360. The molecule has 0 bridgehead atoms. The van der Waals surface area contributed by atoms with Gasteiger partial charge >= 0.3 is 0 Å². The summed E-state index contributed by atoms with van der Waals surface area (Å²) in [5.41, 5.74) is 2.74. The Morgan fingerprint density at radius 1 is 1.06 bits per heavy atom. The molecular formula is C23H20N8O. The summed E-state index contributed by atoms with van der Waals surface area (Å²) in [6, 6.07) is 10.9. The molecule has 0 radical (unpaired) electrons. The first kappa shape index (κ1) is 20.8. The molecule has 0 aliphatic heterocycles. The Hall–Kier alpha value is -4.45. The highest BCUT2D eigenvalue weighted by atomic mass is 16.1. The van der Waals surface area contributed by atoms with E-state index in [1.807, 2.05) is 12.1 Å². The van der Waals surface area contributed by atoms with Gasteiger partial charge in [-0.1, -0.05) is 0 Å². The molecular weight excluding hydrogens is 404 g/mol. The third-order valence-electron chi connectivity index (χ3n) is 4.97. The number of amides is 1. The quantitative estimate of drug-likeness (QED) is 0.497. The minimum atomic E-state index is -0.798. The van der Waals surface area contributed by atoms with E-state index >= 15 is 0 Å². The van der Waals surface area contributed by atoms with Crippen LogP contribution >= 0.6 is 0 Å². The summed E-state index contributed by atoms with van der Waals surface area (Å²) in [6.45, 7) is 3.51. The Morgan fingerprint density at radius 3 is 2.69 bits per heavy atom. The molecule has 0 fully saturated rings. The molecule has 0 aliphatic rings. The molecule has 0 aliphatic carbocycles. The number of carbonyl (C=O) groups is 1. The SMILES string of the molecule is CNc1cc2ncc(-c3cc(NC(=O)c4ccnc(C(C)(C)C#N)c4)cnn3)cc2cn1. The second kappa shape index (κ2) is 8.35. The van der Waals surface area contributed by atoms with Crippen LogP contribution < -0.4 is 10.6 Å². The number of hydrogen-bond acceptors (Lipinski definition) is 8. The first-order valence-corrected chi connectivity index (χ1v) is 9.85. The van der Waals surface area contributed by atoms with Crippen molar-refractivity contribution in [2.75, 3.05) is 17.7 Å². The van der Waals surface area contributed by atoms with E-state index in [0.29, 0.717) is 22.6 Å². The zero-order chi connectivity index (χ0) is 22.7. The lowest BCUT2D eigenvalue weighted by atomic mass is 9.90. The molecule has 4 aromatic rings. The molecule has 0 atom stereocenters. The summed E-state index contributed by atoms with van der Waals surface area (Å²) in [5, 5.41) is 24.2. The van der Waals surface area contributed by atoms with Crippen molar-refractivity contribution in [1.82, 2.24) is 25.1 Å². The lowest BCUT2D eigenvalue weighted by Crippen LogP contribution is -2.18. The molecule has 4 heterocycles. The average molecular weight is 424 g/mol. The van der Waals surface area contributed by atoms with Crippen LogP contribution in [-0.2, 0) is 5.41 Å². The van der Waals surface area contributed by atoms with Gasteiger partial charge < -0.3 is 10.6 Å². The van der Waals surface area contributed by atoms with Gasteiger partial charge in [-0.3, -0.25) is 14.8 Å². The number of nitrogens with one attached hydrogen (secondary N) is 2. The molecule has 32 heavy (non-hydrogen) atoms. The van der Waals surface area contributed by atoms with Crippen molar-refractivity contribution in [3.8, 4) is 17.3 Å². The maximum absolute atomic E-state index is 12.8. The smallest absolute Gasteiger partial charge is 0.255 e. The predicted octanol–water partition coefficient (Wildman–Crippen LogP) is 3.58. The van der Waals surface area contributed by atoms with Crippen LogP contribution in [0, 0.1) is 11.3 Å². The minimum absolute atomic E-state index is 0.332. The van der Waals surface area contributed by atoms with Crippen LogP contribution in [0.5, 0.6) is 0 Å². The van der Waals surface area contributed by atoms with E-state index in [1.165, 1.54) is 12.4 Å². The van der Waals surface area contributed by atoms with Crippen LogP contribution in [0.4, 0.5) is 11.5 Å². The zero-order valence-electron chi connectivity index (χ0n) is 17.8. The third kappa shape index (κ3) is 4.20. The van der Waals surface area contributed by atoms with Crippen molar-refractivity contribution in [2.45, 2.75) is 19.3 Å². The van der Waals surface area contributed by atoms with Crippen LogP contribution in [0.25, 0.3) is 22.2 Å². The normalized spacial score (nSPS) is 11.1. The Kier molecular flexibility index (Phi) is 5.43. The number of nitrogens with zero attached hydrogens (tertiary/aromatic N) is 6. The second-order valence-electron chi connectivity index (χ2n) is 7.69. The summed E-state index contributed by atoms with van der Waals surface area (Å²) in [5.74, 6) is 0.404. The fourth-order valence-electron chi connectivity index (χ4n) is 3.05. The Labute approximate surface area is 184 Å². The van der Waals surface area contributed by atoms with E-state index in [0.717, 1.165) is 22.3 Å². The van der Waals surface area contributed by atoms with Crippen molar-refractivity contribution in [3.63, 3.8) is 0 Å². The van der Waals surface area contributed by atoms with Crippen LogP contribution in [-0.4, -0.2) is 38.1 Å². The van der Waals surface area contributed by atoms with Crippen LogP contribution in [0.15, 0.2) is 55.1 Å². The van der Waals surface area contributed by atoms with E-state index in [1.54, 1.807) is 51.5 Å². The maximum atomic E-state index is 12.8. The number of aromatic nitrogens is 5. The first-order chi connectivity index (χ1) is 15.4. The number of rotatable bonds is 5. The topological polar surface area (TPSA) is 129 Å². The van der Waals surface area contributed by atoms with Gasteiger partial charge in [-0.25, -0.2) is 4.98 Å². The van der Waals surface area contributed by atoms with Crippen LogP contribution in [0.3, 0.4) is 0 Å². The Balaban J connectivity index is 1.59. The zero-order valence-corrected chi connectivity index (χ0v) is 17.8.